The molecule has 1 atom stereocenters. The van der Waals surface area contributed by atoms with Gasteiger partial charge in [-0.25, -0.2) is 0 Å². The highest BCUT2D eigenvalue weighted by Gasteiger charge is 2.34. The van der Waals surface area contributed by atoms with Crippen LogP contribution in [0.25, 0.3) is 0 Å². The Bertz CT molecular complexity index is 416. The molecule has 4 N–H and O–H groups in total. The smallest absolute Gasteiger partial charge is 0.242 e. The van der Waals surface area contributed by atoms with Crippen LogP contribution in [-0.2, 0) is 9.53 Å². The maximum atomic E-state index is 12.2. The van der Waals surface area contributed by atoms with E-state index in [1.807, 2.05) is 30.3 Å². The van der Waals surface area contributed by atoms with Crippen LogP contribution in [0.5, 0.6) is 0 Å². The highest BCUT2D eigenvalue weighted by atomic mass is 16.5. The molecule has 0 saturated carbocycles. The van der Waals surface area contributed by atoms with Crippen molar-refractivity contribution < 1.29 is 14.6 Å². The average Bonchev–Trinajstić information content (AvgIpc) is 2.48. The van der Waals surface area contributed by atoms with Crippen LogP contribution in [0.1, 0.15) is 24.4 Å². The molecular formula is C14H20N2O3. The molecule has 1 heterocycles. The van der Waals surface area contributed by atoms with Gasteiger partial charge in [0.15, 0.2) is 0 Å². The second kappa shape index (κ2) is 6.14. The topological polar surface area (TPSA) is 84.6 Å². The zero-order chi connectivity index (χ0) is 13.7. The molecule has 0 bridgehead atoms. The number of nitrogens with two attached hydrogens (primary N) is 1. The van der Waals surface area contributed by atoms with E-state index in [0.29, 0.717) is 26.1 Å². The van der Waals surface area contributed by atoms with Gasteiger partial charge in [0.25, 0.3) is 0 Å². The third-order valence-corrected chi connectivity index (χ3v) is 3.58. The summed E-state index contributed by atoms with van der Waals surface area (Å²) in [4.78, 5) is 12.2. The van der Waals surface area contributed by atoms with E-state index >= 15 is 0 Å². The summed E-state index contributed by atoms with van der Waals surface area (Å²) >= 11 is 0. The Labute approximate surface area is 112 Å². The fraction of sp³-hybridized carbons (Fsp3) is 0.500. The summed E-state index contributed by atoms with van der Waals surface area (Å²) in [7, 11) is 0. The first-order chi connectivity index (χ1) is 9.17. The summed E-state index contributed by atoms with van der Waals surface area (Å²) in [6.07, 6.45) is 1.22. The van der Waals surface area contributed by atoms with Crippen LogP contribution >= 0.6 is 0 Å². The van der Waals surface area contributed by atoms with Gasteiger partial charge in [0, 0.05) is 13.2 Å². The van der Waals surface area contributed by atoms with Crippen LogP contribution in [0.2, 0.25) is 0 Å². The van der Waals surface area contributed by atoms with Crippen LogP contribution in [0.4, 0.5) is 0 Å². The number of amides is 1. The molecule has 1 amide bonds. The molecule has 5 nitrogen and oxygen atoms in total. The lowest BCUT2D eigenvalue weighted by molar-refractivity contribution is -0.126. The van der Waals surface area contributed by atoms with Crippen molar-refractivity contribution in [3.05, 3.63) is 35.9 Å². The molecule has 1 saturated heterocycles. The third kappa shape index (κ3) is 3.32. The standard InChI is InChI=1S/C14H20N2O3/c15-12(11-4-2-1-3-5-11)13(18)16-14(10-17)6-8-19-9-7-14/h1-5,12,17H,6-10,15H2,(H,16,18)/t12-/m1/s1. The molecule has 5 heteroatoms. The number of hydrogen-bond donors (Lipinski definition) is 3. The molecule has 1 aromatic rings. The Hall–Kier alpha value is -1.43. The molecule has 0 aromatic heterocycles. The molecule has 1 fully saturated rings. The molecule has 104 valence electrons. The van der Waals surface area contributed by atoms with Crippen molar-refractivity contribution in [3.8, 4) is 0 Å². The van der Waals surface area contributed by atoms with Crippen molar-refractivity contribution in [2.24, 2.45) is 5.73 Å². The molecule has 0 spiro atoms. The Kier molecular flexibility index (Phi) is 4.52. The lowest BCUT2D eigenvalue weighted by Gasteiger charge is -2.37. The third-order valence-electron chi connectivity index (χ3n) is 3.58. The Balaban J connectivity index is 2.03. The number of hydrogen-bond acceptors (Lipinski definition) is 4. The van der Waals surface area contributed by atoms with Crippen molar-refractivity contribution in [2.45, 2.75) is 24.4 Å². The lowest BCUT2D eigenvalue weighted by atomic mass is 9.90. The summed E-state index contributed by atoms with van der Waals surface area (Å²) in [6.45, 7) is 0.992. The van der Waals surface area contributed by atoms with Gasteiger partial charge in [0.05, 0.1) is 12.1 Å². The van der Waals surface area contributed by atoms with E-state index in [9.17, 15) is 9.90 Å². The number of aliphatic hydroxyl groups is 1. The predicted molar refractivity (Wildman–Crippen MR) is 71.4 cm³/mol. The van der Waals surface area contributed by atoms with Crippen LogP contribution in [0, 0.1) is 0 Å². The molecular weight excluding hydrogens is 244 g/mol. The number of carbonyl (C=O) groups is 1. The second-order valence-electron chi connectivity index (χ2n) is 4.93. The van der Waals surface area contributed by atoms with Gasteiger partial charge in [-0.2, -0.15) is 0 Å². The highest BCUT2D eigenvalue weighted by molar-refractivity contribution is 5.83. The Morgan fingerprint density at radius 2 is 2.00 bits per heavy atom. The van der Waals surface area contributed by atoms with E-state index in [1.54, 1.807) is 0 Å². The zero-order valence-electron chi connectivity index (χ0n) is 10.8. The Morgan fingerprint density at radius 3 is 2.58 bits per heavy atom. The van der Waals surface area contributed by atoms with E-state index in [1.165, 1.54) is 0 Å². The first-order valence-corrected chi connectivity index (χ1v) is 6.48. The minimum atomic E-state index is -0.715. The SMILES string of the molecule is N[C@@H](C(=O)NC1(CO)CCOCC1)c1ccccc1. The van der Waals surface area contributed by atoms with Crippen LogP contribution in [0.15, 0.2) is 30.3 Å². The predicted octanol–water partition coefficient (Wildman–Crippen LogP) is 0.344. The number of nitrogens with one attached hydrogen (secondary N) is 1. The van der Waals surface area contributed by atoms with Gasteiger partial charge >= 0.3 is 0 Å². The minimum absolute atomic E-state index is 0.0936. The summed E-state index contributed by atoms with van der Waals surface area (Å²) in [5.74, 6) is -0.262. The van der Waals surface area contributed by atoms with E-state index in [2.05, 4.69) is 5.32 Å². The zero-order valence-corrected chi connectivity index (χ0v) is 10.8. The average molecular weight is 264 g/mol. The van der Waals surface area contributed by atoms with Gasteiger partial charge in [-0.05, 0) is 18.4 Å². The second-order valence-corrected chi connectivity index (χ2v) is 4.93. The van der Waals surface area contributed by atoms with Crippen LogP contribution in [-0.4, -0.2) is 36.4 Å². The van der Waals surface area contributed by atoms with Crippen molar-refractivity contribution in [1.82, 2.24) is 5.32 Å². The van der Waals surface area contributed by atoms with Crippen molar-refractivity contribution in [1.29, 1.82) is 0 Å². The summed E-state index contributed by atoms with van der Waals surface area (Å²) < 4.78 is 5.26. The van der Waals surface area contributed by atoms with E-state index in [0.717, 1.165) is 5.56 Å². The minimum Gasteiger partial charge on any atom is -0.394 e. The number of rotatable bonds is 4. The fourth-order valence-corrected chi connectivity index (χ4v) is 2.24. The van der Waals surface area contributed by atoms with E-state index in [-0.39, 0.29) is 12.5 Å². The summed E-state index contributed by atoms with van der Waals surface area (Å²) in [5, 5.41) is 12.4. The van der Waals surface area contributed by atoms with E-state index in [4.69, 9.17) is 10.5 Å². The number of benzene rings is 1. The maximum absolute atomic E-state index is 12.2. The van der Waals surface area contributed by atoms with Gasteiger partial charge < -0.3 is 20.9 Å². The Morgan fingerprint density at radius 1 is 1.37 bits per heavy atom. The largest absolute Gasteiger partial charge is 0.394 e. The normalized spacial score (nSPS) is 19.7. The number of ether oxygens (including phenoxy) is 1. The molecule has 1 aliphatic rings. The molecule has 0 radical (unpaired) electrons. The fourth-order valence-electron chi connectivity index (χ4n) is 2.24. The molecule has 0 unspecified atom stereocenters. The molecule has 1 aliphatic heterocycles. The van der Waals surface area contributed by atoms with Gasteiger partial charge in [-0.3, -0.25) is 4.79 Å². The first kappa shape index (κ1) is 14.0. The molecule has 0 aliphatic carbocycles. The quantitative estimate of drug-likeness (QED) is 0.732. The highest BCUT2D eigenvalue weighted by Crippen LogP contribution is 2.21. The van der Waals surface area contributed by atoms with Crippen LogP contribution < -0.4 is 11.1 Å². The van der Waals surface area contributed by atoms with Gasteiger partial charge in [-0.15, -0.1) is 0 Å². The number of carbonyl (C=O) groups excluding carboxylic acids is 1. The van der Waals surface area contributed by atoms with Gasteiger partial charge in [-0.1, -0.05) is 30.3 Å². The first-order valence-electron chi connectivity index (χ1n) is 6.48. The molecule has 2 rings (SSSR count). The van der Waals surface area contributed by atoms with Crippen molar-refractivity contribution in [3.63, 3.8) is 0 Å². The van der Waals surface area contributed by atoms with Crippen molar-refractivity contribution >= 4 is 5.91 Å². The lowest BCUT2D eigenvalue weighted by Crippen LogP contribution is -2.56. The van der Waals surface area contributed by atoms with E-state index < -0.39 is 11.6 Å². The number of aliphatic hydroxyl groups excluding tert-OH is 1. The maximum Gasteiger partial charge on any atom is 0.242 e. The van der Waals surface area contributed by atoms with Crippen LogP contribution in [0.3, 0.4) is 0 Å². The summed E-state index contributed by atoms with van der Waals surface area (Å²) in [6, 6.07) is 8.49. The van der Waals surface area contributed by atoms with Crippen molar-refractivity contribution in [2.75, 3.05) is 19.8 Å². The monoisotopic (exact) mass is 264 g/mol. The summed E-state index contributed by atoms with van der Waals surface area (Å²) in [5.41, 5.74) is 6.11. The van der Waals surface area contributed by atoms with Gasteiger partial charge in [0.1, 0.15) is 6.04 Å². The molecule has 1 aromatic carbocycles. The molecule has 19 heavy (non-hydrogen) atoms. The van der Waals surface area contributed by atoms with Gasteiger partial charge in [0.2, 0.25) is 5.91 Å².